The summed E-state index contributed by atoms with van der Waals surface area (Å²) in [6, 6.07) is 9.56. The van der Waals surface area contributed by atoms with Gasteiger partial charge in [-0.3, -0.25) is 4.99 Å². The molecule has 0 unspecified atom stereocenters. The highest BCUT2D eigenvalue weighted by atomic mass is 15.0. The topological polar surface area (TPSA) is 48.2 Å². The van der Waals surface area contributed by atoms with E-state index in [1.807, 2.05) is 18.2 Å². The van der Waals surface area contributed by atoms with Gasteiger partial charge in [0.15, 0.2) is 0 Å². The number of nitriles is 1. The number of hydrogen-bond acceptors (Lipinski definition) is 3. The van der Waals surface area contributed by atoms with Crippen LogP contribution in [0.1, 0.15) is 18.4 Å². The maximum absolute atomic E-state index is 8.71. The molecule has 14 heavy (non-hydrogen) atoms. The summed E-state index contributed by atoms with van der Waals surface area (Å²) in [7, 11) is 0. The summed E-state index contributed by atoms with van der Waals surface area (Å²) >= 11 is 0. The first kappa shape index (κ1) is 8.76. The summed E-state index contributed by atoms with van der Waals surface area (Å²) < 4.78 is 0. The molecule has 0 amide bonds. The van der Waals surface area contributed by atoms with E-state index >= 15 is 0 Å². The number of nitrogens with zero attached hydrogens (tertiary/aromatic N) is 2. The van der Waals surface area contributed by atoms with E-state index in [4.69, 9.17) is 5.26 Å². The van der Waals surface area contributed by atoms with E-state index < -0.39 is 0 Å². The third-order valence-electron chi connectivity index (χ3n) is 2.15. The Morgan fingerprint density at radius 3 is 3.07 bits per heavy atom. The van der Waals surface area contributed by atoms with E-state index in [0.29, 0.717) is 5.56 Å². The highest BCUT2D eigenvalue weighted by molar-refractivity contribution is 5.96. The summed E-state index contributed by atoms with van der Waals surface area (Å²) in [4.78, 5) is 4.31. The van der Waals surface area contributed by atoms with Crippen LogP contribution in [0.25, 0.3) is 0 Å². The highest BCUT2D eigenvalue weighted by Crippen LogP contribution is 2.12. The molecule has 0 fully saturated rings. The van der Waals surface area contributed by atoms with Gasteiger partial charge in [0.1, 0.15) is 5.84 Å². The Morgan fingerprint density at radius 1 is 1.43 bits per heavy atom. The first-order chi connectivity index (χ1) is 6.88. The van der Waals surface area contributed by atoms with Crippen molar-refractivity contribution in [2.24, 2.45) is 4.99 Å². The minimum Gasteiger partial charge on any atom is -0.344 e. The van der Waals surface area contributed by atoms with E-state index in [9.17, 15) is 0 Å². The van der Waals surface area contributed by atoms with Crippen LogP contribution in [-0.4, -0.2) is 12.4 Å². The molecule has 1 N–H and O–H groups in total. The predicted molar refractivity (Wildman–Crippen MR) is 56.3 cm³/mol. The van der Waals surface area contributed by atoms with E-state index in [2.05, 4.69) is 16.4 Å². The van der Waals surface area contributed by atoms with Crippen LogP contribution in [0.4, 0.5) is 5.69 Å². The number of hydrogen-bond donors (Lipinski definition) is 1. The van der Waals surface area contributed by atoms with Gasteiger partial charge in [0, 0.05) is 18.7 Å². The number of rotatable bonds is 1. The molecule has 0 radical (unpaired) electrons. The van der Waals surface area contributed by atoms with Crippen molar-refractivity contribution in [3.8, 4) is 6.07 Å². The molecular formula is C11H11N3. The monoisotopic (exact) mass is 185 g/mol. The molecule has 70 valence electrons. The van der Waals surface area contributed by atoms with Gasteiger partial charge in [-0.25, -0.2) is 0 Å². The Kier molecular flexibility index (Phi) is 2.46. The second kappa shape index (κ2) is 3.93. The van der Waals surface area contributed by atoms with Crippen LogP contribution in [0.2, 0.25) is 0 Å². The van der Waals surface area contributed by atoms with E-state index in [-0.39, 0.29) is 0 Å². The van der Waals surface area contributed by atoms with Gasteiger partial charge in [0.25, 0.3) is 0 Å². The number of amidine groups is 1. The second-order valence-corrected chi connectivity index (χ2v) is 3.25. The van der Waals surface area contributed by atoms with Crippen LogP contribution in [0.15, 0.2) is 29.3 Å². The van der Waals surface area contributed by atoms with Crippen molar-refractivity contribution in [1.82, 2.24) is 0 Å². The smallest absolute Gasteiger partial charge is 0.101 e. The first-order valence-electron chi connectivity index (χ1n) is 4.69. The van der Waals surface area contributed by atoms with Crippen LogP contribution < -0.4 is 5.32 Å². The van der Waals surface area contributed by atoms with Crippen molar-refractivity contribution < 1.29 is 0 Å². The zero-order chi connectivity index (χ0) is 9.80. The molecule has 2 rings (SSSR count). The molecule has 1 aliphatic rings. The maximum Gasteiger partial charge on any atom is 0.101 e. The van der Waals surface area contributed by atoms with E-state index in [1.54, 1.807) is 6.07 Å². The number of aliphatic imine (C=N–C) groups is 1. The molecule has 1 aromatic rings. The van der Waals surface area contributed by atoms with Gasteiger partial charge in [0.05, 0.1) is 11.6 Å². The summed E-state index contributed by atoms with van der Waals surface area (Å²) in [5.41, 5.74) is 1.62. The normalized spacial score (nSPS) is 14.6. The summed E-state index contributed by atoms with van der Waals surface area (Å²) in [5.74, 6) is 1.03. The first-order valence-corrected chi connectivity index (χ1v) is 4.69. The predicted octanol–water partition coefficient (Wildman–Crippen LogP) is 2.16. The summed E-state index contributed by atoms with van der Waals surface area (Å²) in [6.07, 6.45) is 2.14. The van der Waals surface area contributed by atoms with Gasteiger partial charge in [-0.1, -0.05) is 6.07 Å². The van der Waals surface area contributed by atoms with Crippen LogP contribution in [0.5, 0.6) is 0 Å². The number of benzene rings is 1. The Morgan fingerprint density at radius 2 is 2.36 bits per heavy atom. The lowest BCUT2D eigenvalue weighted by Crippen LogP contribution is -2.08. The molecular weight excluding hydrogens is 174 g/mol. The minimum atomic E-state index is 0.675. The lowest BCUT2D eigenvalue weighted by Gasteiger charge is -2.04. The Hall–Kier alpha value is -1.82. The third kappa shape index (κ3) is 1.91. The van der Waals surface area contributed by atoms with Crippen LogP contribution in [-0.2, 0) is 0 Å². The molecule has 1 aromatic carbocycles. The lowest BCUT2D eigenvalue weighted by atomic mass is 10.2. The van der Waals surface area contributed by atoms with E-state index in [1.165, 1.54) is 0 Å². The molecule has 3 heteroatoms. The van der Waals surface area contributed by atoms with Crippen molar-refractivity contribution in [2.45, 2.75) is 12.8 Å². The number of nitrogens with one attached hydrogen (secondary N) is 1. The van der Waals surface area contributed by atoms with Gasteiger partial charge in [-0.2, -0.15) is 5.26 Å². The molecule has 0 aromatic heterocycles. The van der Waals surface area contributed by atoms with Gasteiger partial charge < -0.3 is 5.32 Å². The Bertz CT molecular complexity index is 401. The SMILES string of the molecule is N#Cc1cccc(NC2=NCCC2)c1. The maximum atomic E-state index is 8.71. The fourth-order valence-corrected chi connectivity index (χ4v) is 1.47. The fourth-order valence-electron chi connectivity index (χ4n) is 1.47. The van der Waals surface area contributed by atoms with Crippen LogP contribution >= 0.6 is 0 Å². The summed E-state index contributed by atoms with van der Waals surface area (Å²) in [6.45, 7) is 0.917. The van der Waals surface area contributed by atoms with Gasteiger partial charge in [-0.15, -0.1) is 0 Å². The largest absolute Gasteiger partial charge is 0.344 e. The van der Waals surface area contributed by atoms with Crippen LogP contribution in [0, 0.1) is 11.3 Å². The molecule has 0 saturated carbocycles. The molecule has 0 bridgehead atoms. The molecule has 0 aliphatic carbocycles. The minimum absolute atomic E-state index is 0.675. The second-order valence-electron chi connectivity index (χ2n) is 3.25. The molecule has 3 nitrogen and oxygen atoms in total. The van der Waals surface area contributed by atoms with Crippen molar-refractivity contribution in [1.29, 1.82) is 5.26 Å². The molecule has 0 saturated heterocycles. The zero-order valence-electron chi connectivity index (χ0n) is 7.83. The van der Waals surface area contributed by atoms with Crippen molar-refractivity contribution in [3.05, 3.63) is 29.8 Å². The standard InChI is InChI=1S/C11H11N3/c12-8-9-3-1-4-10(7-9)14-11-5-2-6-13-11/h1,3-4,7H,2,5-6H2,(H,13,14). The van der Waals surface area contributed by atoms with E-state index in [0.717, 1.165) is 30.9 Å². The molecule has 1 aliphatic heterocycles. The summed E-state index contributed by atoms with van der Waals surface area (Å²) in [5, 5.41) is 11.9. The van der Waals surface area contributed by atoms with Crippen molar-refractivity contribution in [2.75, 3.05) is 11.9 Å². The highest BCUT2D eigenvalue weighted by Gasteiger charge is 2.05. The van der Waals surface area contributed by atoms with Crippen molar-refractivity contribution >= 4 is 11.5 Å². The van der Waals surface area contributed by atoms with Gasteiger partial charge >= 0.3 is 0 Å². The third-order valence-corrected chi connectivity index (χ3v) is 2.15. The molecule has 1 heterocycles. The Balaban J connectivity index is 2.13. The molecule has 0 atom stereocenters. The quantitative estimate of drug-likeness (QED) is 0.728. The van der Waals surface area contributed by atoms with Crippen molar-refractivity contribution in [3.63, 3.8) is 0 Å². The van der Waals surface area contributed by atoms with Gasteiger partial charge in [-0.05, 0) is 24.6 Å². The number of anilines is 1. The molecule has 0 spiro atoms. The lowest BCUT2D eigenvalue weighted by molar-refractivity contribution is 0.951. The van der Waals surface area contributed by atoms with Gasteiger partial charge in [0.2, 0.25) is 0 Å². The average Bonchev–Trinajstić information content (AvgIpc) is 2.71. The Labute approximate surface area is 83.1 Å². The van der Waals surface area contributed by atoms with Crippen LogP contribution in [0.3, 0.4) is 0 Å². The zero-order valence-corrected chi connectivity index (χ0v) is 7.83. The fraction of sp³-hybridized carbons (Fsp3) is 0.273. The average molecular weight is 185 g/mol.